The van der Waals surface area contributed by atoms with Crippen LogP contribution in [0.1, 0.15) is 37.4 Å². The Hall–Kier alpha value is -1.07. The molecule has 1 aromatic carbocycles. The standard InChI is InChI=1S/C15H25NO3S/c1-11-6-7-15(19-4)14(10-11)13(3)16-12(2)8-9-20(5,17)18/h6-7,10,12-13,16H,8-9H2,1-5H3/t12-,13-/m1/s1. The molecule has 1 N–H and O–H groups in total. The average Bonchev–Trinajstić information content (AvgIpc) is 2.35. The number of rotatable bonds is 7. The zero-order valence-electron chi connectivity index (χ0n) is 12.9. The van der Waals surface area contributed by atoms with Crippen molar-refractivity contribution in [1.82, 2.24) is 5.32 Å². The Morgan fingerprint density at radius 3 is 2.50 bits per heavy atom. The van der Waals surface area contributed by atoms with E-state index in [9.17, 15) is 8.42 Å². The molecule has 0 aliphatic rings. The first-order valence-corrected chi connectivity index (χ1v) is 8.87. The highest BCUT2D eigenvalue weighted by Crippen LogP contribution is 2.26. The second kappa shape index (κ2) is 7.09. The van der Waals surface area contributed by atoms with Crippen LogP contribution in [-0.4, -0.2) is 33.6 Å². The maximum absolute atomic E-state index is 11.2. The van der Waals surface area contributed by atoms with E-state index in [1.807, 2.05) is 26.0 Å². The van der Waals surface area contributed by atoms with Crippen molar-refractivity contribution in [3.05, 3.63) is 29.3 Å². The molecule has 0 aliphatic carbocycles. The number of methoxy groups -OCH3 is 1. The van der Waals surface area contributed by atoms with Gasteiger partial charge in [0, 0.05) is 23.9 Å². The van der Waals surface area contributed by atoms with Crippen molar-refractivity contribution in [2.24, 2.45) is 0 Å². The van der Waals surface area contributed by atoms with Gasteiger partial charge < -0.3 is 10.1 Å². The van der Waals surface area contributed by atoms with Crippen molar-refractivity contribution >= 4 is 9.84 Å². The summed E-state index contributed by atoms with van der Waals surface area (Å²) in [5, 5.41) is 3.43. The maximum Gasteiger partial charge on any atom is 0.147 e. The minimum absolute atomic E-state index is 0.111. The molecule has 20 heavy (non-hydrogen) atoms. The van der Waals surface area contributed by atoms with Gasteiger partial charge in [-0.2, -0.15) is 0 Å². The van der Waals surface area contributed by atoms with Gasteiger partial charge in [-0.3, -0.25) is 0 Å². The van der Waals surface area contributed by atoms with Gasteiger partial charge in [0.2, 0.25) is 0 Å². The summed E-state index contributed by atoms with van der Waals surface area (Å²) in [7, 11) is -1.24. The average molecular weight is 299 g/mol. The molecule has 2 atom stereocenters. The second-order valence-corrected chi connectivity index (χ2v) is 7.71. The second-order valence-electron chi connectivity index (χ2n) is 5.45. The van der Waals surface area contributed by atoms with E-state index >= 15 is 0 Å². The summed E-state index contributed by atoms with van der Waals surface area (Å²) in [6.45, 7) is 6.11. The van der Waals surface area contributed by atoms with Crippen molar-refractivity contribution in [2.75, 3.05) is 19.1 Å². The third kappa shape index (κ3) is 5.51. The summed E-state index contributed by atoms with van der Waals surface area (Å²) < 4.78 is 27.8. The zero-order chi connectivity index (χ0) is 15.3. The van der Waals surface area contributed by atoms with Gasteiger partial charge in [-0.15, -0.1) is 0 Å². The molecular weight excluding hydrogens is 274 g/mol. The molecule has 114 valence electrons. The number of nitrogens with one attached hydrogen (secondary N) is 1. The van der Waals surface area contributed by atoms with E-state index in [1.165, 1.54) is 11.8 Å². The Balaban J connectivity index is 2.71. The summed E-state index contributed by atoms with van der Waals surface area (Å²) in [6.07, 6.45) is 1.88. The molecule has 1 rings (SSSR count). The van der Waals surface area contributed by atoms with Crippen LogP contribution in [0, 0.1) is 6.92 Å². The van der Waals surface area contributed by atoms with Gasteiger partial charge in [-0.25, -0.2) is 8.42 Å². The van der Waals surface area contributed by atoms with Crippen molar-refractivity contribution in [2.45, 2.75) is 39.3 Å². The molecule has 0 saturated heterocycles. The Labute approximate surface area is 122 Å². The molecule has 1 aromatic rings. The van der Waals surface area contributed by atoms with Crippen LogP contribution in [0.5, 0.6) is 5.75 Å². The summed E-state index contributed by atoms with van der Waals surface area (Å²) in [6, 6.07) is 6.32. The molecule has 0 radical (unpaired) electrons. The fourth-order valence-corrected chi connectivity index (χ4v) is 2.96. The number of hydrogen-bond acceptors (Lipinski definition) is 4. The van der Waals surface area contributed by atoms with Crippen LogP contribution in [0.3, 0.4) is 0 Å². The molecule has 0 bridgehead atoms. The van der Waals surface area contributed by atoms with E-state index in [4.69, 9.17) is 4.74 Å². The number of hydrogen-bond donors (Lipinski definition) is 1. The van der Waals surface area contributed by atoms with Crippen molar-refractivity contribution < 1.29 is 13.2 Å². The van der Waals surface area contributed by atoms with Crippen LogP contribution in [0.15, 0.2) is 18.2 Å². The molecule has 0 fully saturated rings. The van der Waals surface area contributed by atoms with E-state index < -0.39 is 9.84 Å². The fraction of sp³-hybridized carbons (Fsp3) is 0.600. The Morgan fingerprint density at radius 2 is 1.95 bits per heavy atom. The van der Waals surface area contributed by atoms with Gasteiger partial charge >= 0.3 is 0 Å². The van der Waals surface area contributed by atoms with Crippen molar-refractivity contribution in [3.63, 3.8) is 0 Å². The zero-order valence-corrected chi connectivity index (χ0v) is 13.8. The van der Waals surface area contributed by atoms with E-state index in [0.717, 1.165) is 11.3 Å². The van der Waals surface area contributed by atoms with E-state index in [-0.39, 0.29) is 17.8 Å². The minimum atomic E-state index is -2.90. The summed E-state index contributed by atoms with van der Waals surface area (Å²) in [4.78, 5) is 0. The normalized spacial score (nSPS) is 14.8. The molecule has 4 nitrogen and oxygen atoms in total. The lowest BCUT2D eigenvalue weighted by Crippen LogP contribution is -2.30. The Kier molecular flexibility index (Phi) is 6.02. The quantitative estimate of drug-likeness (QED) is 0.840. The molecule has 0 saturated carbocycles. The van der Waals surface area contributed by atoms with Gasteiger partial charge in [-0.1, -0.05) is 17.7 Å². The largest absolute Gasteiger partial charge is 0.496 e. The molecule has 0 aromatic heterocycles. The maximum atomic E-state index is 11.2. The third-order valence-corrected chi connectivity index (χ3v) is 4.29. The molecule has 0 unspecified atom stereocenters. The molecule has 0 heterocycles. The van der Waals surface area contributed by atoms with E-state index in [1.54, 1.807) is 7.11 Å². The number of ether oxygens (including phenoxy) is 1. The lowest BCUT2D eigenvalue weighted by atomic mass is 10.0. The first-order valence-electron chi connectivity index (χ1n) is 6.81. The minimum Gasteiger partial charge on any atom is -0.496 e. The van der Waals surface area contributed by atoms with Crippen LogP contribution in [-0.2, 0) is 9.84 Å². The first-order chi connectivity index (χ1) is 9.23. The molecule has 0 spiro atoms. The predicted octanol–water partition coefficient (Wildman–Crippen LogP) is 2.48. The fourth-order valence-electron chi connectivity index (χ4n) is 2.18. The predicted molar refractivity (Wildman–Crippen MR) is 83.1 cm³/mol. The molecule has 0 aliphatic heterocycles. The summed E-state index contributed by atoms with van der Waals surface area (Å²) in [5.41, 5.74) is 2.27. The highest BCUT2D eigenvalue weighted by Gasteiger charge is 2.15. The lowest BCUT2D eigenvalue weighted by molar-refractivity contribution is 0.394. The summed E-state index contributed by atoms with van der Waals surface area (Å²) >= 11 is 0. The van der Waals surface area contributed by atoms with Crippen LogP contribution in [0.4, 0.5) is 0 Å². The molecule has 0 amide bonds. The molecule has 5 heteroatoms. The van der Waals surface area contributed by atoms with Gasteiger partial charge in [0.15, 0.2) is 0 Å². The van der Waals surface area contributed by atoms with E-state index in [2.05, 4.69) is 18.3 Å². The monoisotopic (exact) mass is 299 g/mol. The van der Waals surface area contributed by atoms with Crippen LogP contribution in [0.25, 0.3) is 0 Å². The van der Waals surface area contributed by atoms with Crippen LogP contribution >= 0.6 is 0 Å². The SMILES string of the molecule is COc1ccc(C)cc1[C@@H](C)N[C@H](C)CCS(C)(=O)=O. The number of sulfone groups is 1. The first kappa shape index (κ1) is 17.0. The van der Waals surface area contributed by atoms with Crippen molar-refractivity contribution in [1.29, 1.82) is 0 Å². The smallest absolute Gasteiger partial charge is 0.147 e. The summed E-state index contributed by atoms with van der Waals surface area (Å²) in [5.74, 6) is 1.06. The third-order valence-electron chi connectivity index (χ3n) is 3.31. The topological polar surface area (TPSA) is 55.4 Å². The Bertz CT molecular complexity index is 540. The van der Waals surface area contributed by atoms with Crippen LogP contribution in [0.2, 0.25) is 0 Å². The van der Waals surface area contributed by atoms with Gasteiger partial charge in [0.05, 0.1) is 12.9 Å². The van der Waals surface area contributed by atoms with Gasteiger partial charge in [0.1, 0.15) is 15.6 Å². The highest BCUT2D eigenvalue weighted by atomic mass is 32.2. The number of aryl methyl sites for hydroxylation is 1. The van der Waals surface area contributed by atoms with E-state index in [0.29, 0.717) is 6.42 Å². The Morgan fingerprint density at radius 1 is 1.30 bits per heavy atom. The highest BCUT2D eigenvalue weighted by molar-refractivity contribution is 7.90. The lowest BCUT2D eigenvalue weighted by Gasteiger charge is -2.22. The van der Waals surface area contributed by atoms with Crippen molar-refractivity contribution in [3.8, 4) is 5.75 Å². The molecular formula is C15H25NO3S. The van der Waals surface area contributed by atoms with Gasteiger partial charge in [0.25, 0.3) is 0 Å². The number of benzene rings is 1. The van der Waals surface area contributed by atoms with Crippen LogP contribution < -0.4 is 10.1 Å². The van der Waals surface area contributed by atoms with Gasteiger partial charge in [-0.05, 0) is 33.3 Å².